The molecule has 1 aliphatic carbocycles. The van der Waals surface area contributed by atoms with Crippen molar-refractivity contribution in [2.45, 2.75) is 57.0 Å². The van der Waals surface area contributed by atoms with Crippen LogP contribution in [0.5, 0.6) is 0 Å². The number of benzene rings is 1. The summed E-state index contributed by atoms with van der Waals surface area (Å²) in [4.78, 5) is 0. The van der Waals surface area contributed by atoms with Gasteiger partial charge in [0.25, 0.3) is 0 Å². The Morgan fingerprint density at radius 1 is 1.22 bits per heavy atom. The van der Waals surface area contributed by atoms with Crippen molar-refractivity contribution in [2.24, 2.45) is 5.73 Å². The summed E-state index contributed by atoms with van der Waals surface area (Å²) in [5.41, 5.74) is 10.3. The van der Waals surface area contributed by atoms with Crippen LogP contribution in [0, 0.1) is 0 Å². The van der Waals surface area contributed by atoms with Crippen LogP contribution in [0.15, 0.2) is 18.2 Å². The third-order valence-electron chi connectivity index (χ3n) is 4.50. The molecule has 3 rings (SSSR count). The molecule has 2 heteroatoms. The molecule has 2 unspecified atom stereocenters. The van der Waals surface area contributed by atoms with Crippen molar-refractivity contribution in [3.63, 3.8) is 0 Å². The van der Waals surface area contributed by atoms with Crippen LogP contribution in [-0.4, -0.2) is 12.6 Å². The molecule has 2 aliphatic rings. The fourth-order valence-corrected chi connectivity index (χ4v) is 3.28. The first kappa shape index (κ1) is 12.2. The smallest absolute Gasteiger partial charge is 0.0181 e. The lowest BCUT2D eigenvalue weighted by Crippen LogP contribution is -2.34. The summed E-state index contributed by atoms with van der Waals surface area (Å²) in [5.74, 6) is 1.53. The van der Waals surface area contributed by atoms with E-state index in [2.05, 4.69) is 30.4 Å². The van der Waals surface area contributed by atoms with E-state index in [1.807, 2.05) is 0 Å². The molecule has 0 radical (unpaired) electrons. The molecule has 1 saturated heterocycles. The third-order valence-corrected chi connectivity index (χ3v) is 4.50. The van der Waals surface area contributed by atoms with Gasteiger partial charge in [0.2, 0.25) is 0 Å². The molecule has 0 amide bonds. The number of hydrogen-bond donors (Lipinski definition) is 2. The SMILES string of the molecule is CC1CC(c2ccc(C3CC3)c(CN)c2)CCN1. The van der Waals surface area contributed by atoms with E-state index in [1.165, 1.54) is 42.4 Å². The van der Waals surface area contributed by atoms with Gasteiger partial charge < -0.3 is 11.1 Å². The van der Waals surface area contributed by atoms with Crippen LogP contribution in [0.25, 0.3) is 0 Å². The predicted octanol–water partition coefficient (Wildman–Crippen LogP) is 2.88. The first-order chi connectivity index (χ1) is 8.78. The van der Waals surface area contributed by atoms with Gasteiger partial charge >= 0.3 is 0 Å². The lowest BCUT2D eigenvalue weighted by Gasteiger charge is -2.29. The maximum atomic E-state index is 5.93. The van der Waals surface area contributed by atoms with Gasteiger partial charge in [0.05, 0.1) is 0 Å². The summed E-state index contributed by atoms with van der Waals surface area (Å²) in [5, 5.41) is 3.53. The number of hydrogen-bond acceptors (Lipinski definition) is 2. The van der Waals surface area contributed by atoms with Gasteiger partial charge in [-0.1, -0.05) is 18.2 Å². The molecular weight excluding hydrogens is 220 g/mol. The molecule has 2 atom stereocenters. The Hall–Kier alpha value is -0.860. The predicted molar refractivity (Wildman–Crippen MR) is 75.7 cm³/mol. The second kappa shape index (κ2) is 5.02. The Bertz CT molecular complexity index is 423. The van der Waals surface area contributed by atoms with Gasteiger partial charge in [0.1, 0.15) is 0 Å². The minimum absolute atomic E-state index is 0.646. The van der Waals surface area contributed by atoms with Crippen molar-refractivity contribution in [1.29, 1.82) is 0 Å². The highest BCUT2D eigenvalue weighted by Crippen LogP contribution is 2.42. The van der Waals surface area contributed by atoms with Crippen molar-refractivity contribution < 1.29 is 0 Å². The molecule has 1 aromatic rings. The molecule has 3 N–H and O–H groups in total. The zero-order chi connectivity index (χ0) is 12.5. The average molecular weight is 244 g/mol. The molecule has 1 heterocycles. The summed E-state index contributed by atoms with van der Waals surface area (Å²) in [7, 11) is 0. The molecule has 0 aromatic heterocycles. The summed E-state index contributed by atoms with van der Waals surface area (Å²) >= 11 is 0. The van der Waals surface area contributed by atoms with E-state index >= 15 is 0 Å². The first-order valence-corrected chi connectivity index (χ1v) is 7.34. The van der Waals surface area contributed by atoms with Crippen LogP contribution >= 0.6 is 0 Å². The highest BCUT2D eigenvalue weighted by molar-refractivity contribution is 5.38. The molecule has 18 heavy (non-hydrogen) atoms. The summed E-state index contributed by atoms with van der Waals surface area (Å²) in [6, 6.07) is 7.74. The third kappa shape index (κ3) is 2.45. The fourth-order valence-electron chi connectivity index (χ4n) is 3.28. The average Bonchev–Trinajstić information content (AvgIpc) is 3.22. The normalized spacial score (nSPS) is 28.3. The van der Waals surface area contributed by atoms with Crippen LogP contribution in [0.2, 0.25) is 0 Å². The van der Waals surface area contributed by atoms with Crippen molar-refractivity contribution in [3.05, 3.63) is 34.9 Å². The maximum Gasteiger partial charge on any atom is 0.0181 e. The van der Waals surface area contributed by atoms with Gasteiger partial charge in [0.15, 0.2) is 0 Å². The van der Waals surface area contributed by atoms with Gasteiger partial charge in [-0.15, -0.1) is 0 Å². The van der Waals surface area contributed by atoms with E-state index < -0.39 is 0 Å². The van der Waals surface area contributed by atoms with E-state index in [-0.39, 0.29) is 0 Å². The Balaban J connectivity index is 1.83. The van der Waals surface area contributed by atoms with Gasteiger partial charge in [-0.25, -0.2) is 0 Å². The molecule has 1 aliphatic heterocycles. The van der Waals surface area contributed by atoms with Crippen LogP contribution in [-0.2, 0) is 6.54 Å². The molecule has 98 valence electrons. The molecule has 0 spiro atoms. The summed E-state index contributed by atoms with van der Waals surface area (Å²) in [6.45, 7) is 4.13. The Kier molecular flexibility index (Phi) is 3.40. The summed E-state index contributed by atoms with van der Waals surface area (Å²) < 4.78 is 0. The highest BCUT2D eigenvalue weighted by Gasteiger charge is 2.27. The highest BCUT2D eigenvalue weighted by atomic mass is 14.9. The van der Waals surface area contributed by atoms with Crippen LogP contribution in [0.1, 0.15) is 61.1 Å². The van der Waals surface area contributed by atoms with E-state index in [0.717, 1.165) is 18.4 Å². The van der Waals surface area contributed by atoms with E-state index in [4.69, 9.17) is 5.73 Å². The van der Waals surface area contributed by atoms with Crippen LogP contribution < -0.4 is 11.1 Å². The van der Waals surface area contributed by atoms with Gasteiger partial charge in [-0.3, -0.25) is 0 Å². The monoisotopic (exact) mass is 244 g/mol. The maximum absolute atomic E-state index is 5.93. The molecule has 2 nitrogen and oxygen atoms in total. The second-order valence-corrected chi connectivity index (χ2v) is 6.01. The van der Waals surface area contributed by atoms with E-state index in [1.54, 1.807) is 0 Å². The largest absolute Gasteiger partial charge is 0.326 e. The van der Waals surface area contributed by atoms with Gasteiger partial charge in [-0.05, 0) is 67.7 Å². The van der Waals surface area contributed by atoms with Crippen molar-refractivity contribution in [3.8, 4) is 0 Å². The van der Waals surface area contributed by atoms with Crippen molar-refractivity contribution >= 4 is 0 Å². The number of piperidine rings is 1. The number of rotatable bonds is 3. The Morgan fingerprint density at radius 2 is 2.06 bits per heavy atom. The van der Waals surface area contributed by atoms with Gasteiger partial charge in [0, 0.05) is 12.6 Å². The zero-order valence-electron chi connectivity index (χ0n) is 11.3. The molecule has 1 aromatic carbocycles. The minimum Gasteiger partial charge on any atom is -0.326 e. The van der Waals surface area contributed by atoms with Crippen LogP contribution in [0.3, 0.4) is 0 Å². The summed E-state index contributed by atoms with van der Waals surface area (Å²) in [6.07, 6.45) is 5.23. The molecular formula is C16H24N2. The second-order valence-electron chi connectivity index (χ2n) is 6.01. The fraction of sp³-hybridized carbons (Fsp3) is 0.625. The van der Waals surface area contributed by atoms with Crippen molar-refractivity contribution in [1.82, 2.24) is 5.32 Å². The van der Waals surface area contributed by atoms with E-state index in [0.29, 0.717) is 12.6 Å². The van der Waals surface area contributed by atoms with Gasteiger partial charge in [-0.2, -0.15) is 0 Å². The Morgan fingerprint density at radius 3 is 2.72 bits per heavy atom. The molecule has 1 saturated carbocycles. The molecule has 2 fully saturated rings. The first-order valence-electron chi connectivity index (χ1n) is 7.34. The number of nitrogens with one attached hydrogen (secondary N) is 1. The van der Waals surface area contributed by atoms with E-state index in [9.17, 15) is 0 Å². The topological polar surface area (TPSA) is 38.0 Å². The lowest BCUT2D eigenvalue weighted by atomic mass is 9.85. The Labute approximate surface area is 110 Å². The van der Waals surface area contributed by atoms with Crippen LogP contribution in [0.4, 0.5) is 0 Å². The molecule has 0 bridgehead atoms. The zero-order valence-corrected chi connectivity index (χ0v) is 11.3. The lowest BCUT2D eigenvalue weighted by molar-refractivity contribution is 0.381. The van der Waals surface area contributed by atoms with Crippen molar-refractivity contribution in [2.75, 3.05) is 6.54 Å². The number of nitrogens with two attached hydrogens (primary N) is 1. The minimum atomic E-state index is 0.646. The quantitative estimate of drug-likeness (QED) is 0.858. The standard InChI is InChI=1S/C16H24N2/c1-11-8-14(6-7-18-11)13-4-5-16(12-2-3-12)15(9-13)10-17/h4-5,9,11-12,14,18H,2-3,6-8,10,17H2,1H3.